The zero-order valence-electron chi connectivity index (χ0n) is 15.5. The van der Waals surface area contributed by atoms with Gasteiger partial charge in [0.25, 0.3) is 5.91 Å². The highest BCUT2D eigenvalue weighted by atomic mass is 35.5. The van der Waals surface area contributed by atoms with Gasteiger partial charge in [0.2, 0.25) is 5.91 Å². The van der Waals surface area contributed by atoms with Crippen LogP contribution >= 0.6 is 11.6 Å². The Morgan fingerprint density at radius 3 is 2.56 bits per heavy atom. The number of hydrogen-bond donors (Lipinski definition) is 2. The summed E-state index contributed by atoms with van der Waals surface area (Å²) in [6.45, 7) is 5.16. The second-order valence-electron chi connectivity index (χ2n) is 6.48. The molecule has 1 aromatic carbocycles. The molecule has 0 aliphatic carbocycles. The second kappa shape index (κ2) is 10.7. The van der Waals surface area contributed by atoms with Crippen molar-refractivity contribution in [3.05, 3.63) is 59.0 Å². The number of ether oxygens (including phenoxy) is 1. The summed E-state index contributed by atoms with van der Waals surface area (Å²) in [7, 11) is 0. The van der Waals surface area contributed by atoms with Crippen LogP contribution in [0.4, 0.5) is 0 Å². The van der Waals surface area contributed by atoms with Gasteiger partial charge in [-0.1, -0.05) is 25.4 Å². The number of carbonyl (C=O) groups is 2. The topological polar surface area (TPSA) is 80.6 Å². The van der Waals surface area contributed by atoms with E-state index in [1.807, 2.05) is 26.0 Å². The average molecular weight is 393 g/mol. The highest BCUT2D eigenvalue weighted by Gasteiger charge is 2.24. The fraction of sp³-hybridized carbons (Fsp3) is 0.400. The maximum Gasteiger partial charge on any atom is 0.251 e. The van der Waals surface area contributed by atoms with Crippen molar-refractivity contribution in [2.75, 3.05) is 13.2 Å². The van der Waals surface area contributed by atoms with Gasteiger partial charge in [-0.15, -0.1) is 0 Å². The Bertz CT molecular complexity index is 714. The van der Waals surface area contributed by atoms with Gasteiger partial charge in [-0.2, -0.15) is 0 Å². The fourth-order valence-corrected chi connectivity index (χ4v) is 2.55. The molecule has 27 heavy (non-hydrogen) atoms. The van der Waals surface area contributed by atoms with E-state index in [0.717, 1.165) is 5.76 Å². The van der Waals surface area contributed by atoms with Crippen molar-refractivity contribution in [2.24, 2.45) is 5.92 Å². The summed E-state index contributed by atoms with van der Waals surface area (Å²) in [6.07, 6.45) is 2.27. The summed E-state index contributed by atoms with van der Waals surface area (Å²) in [5.74, 6) is 0.209. The Morgan fingerprint density at radius 1 is 1.19 bits per heavy atom. The van der Waals surface area contributed by atoms with Crippen molar-refractivity contribution in [3.8, 4) is 0 Å². The Labute approximate surface area is 164 Å². The Kier molecular flexibility index (Phi) is 8.36. The van der Waals surface area contributed by atoms with Gasteiger partial charge in [-0.25, -0.2) is 0 Å². The highest BCUT2D eigenvalue weighted by molar-refractivity contribution is 6.30. The monoisotopic (exact) mass is 392 g/mol. The van der Waals surface area contributed by atoms with Crippen molar-refractivity contribution in [3.63, 3.8) is 0 Å². The minimum atomic E-state index is -0.614. The Balaban J connectivity index is 1.73. The normalized spacial score (nSPS) is 12.0. The van der Waals surface area contributed by atoms with Crippen LogP contribution in [0.5, 0.6) is 0 Å². The molecule has 2 N–H and O–H groups in total. The van der Waals surface area contributed by atoms with Gasteiger partial charge in [0, 0.05) is 23.7 Å². The molecule has 2 rings (SSSR count). The van der Waals surface area contributed by atoms with Crippen LogP contribution in [0.3, 0.4) is 0 Å². The summed E-state index contributed by atoms with van der Waals surface area (Å²) in [6, 6.07) is 9.58. The molecule has 0 saturated heterocycles. The molecule has 1 heterocycles. The smallest absolute Gasteiger partial charge is 0.251 e. The number of halogens is 1. The largest absolute Gasteiger partial charge is 0.467 e. The molecular formula is C20H25ClN2O4. The number of rotatable bonds is 10. The standard InChI is InChI=1S/C20H25ClN2O4/c1-14(2)18(23-19(24)15-6-8-16(21)9-7-15)20(25)22-10-4-11-26-13-17-5-3-12-27-17/h3,5-9,12,14,18H,4,10-11,13H2,1-2H3,(H,22,25)(H,23,24). The van der Waals surface area contributed by atoms with Crippen LogP contribution in [-0.4, -0.2) is 31.0 Å². The van der Waals surface area contributed by atoms with Crippen molar-refractivity contribution >= 4 is 23.4 Å². The molecule has 0 aliphatic heterocycles. The van der Waals surface area contributed by atoms with E-state index in [1.54, 1.807) is 30.5 Å². The van der Waals surface area contributed by atoms with Gasteiger partial charge >= 0.3 is 0 Å². The first-order valence-electron chi connectivity index (χ1n) is 8.91. The maximum absolute atomic E-state index is 12.4. The van der Waals surface area contributed by atoms with Crippen LogP contribution < -0.4 is 10.6 Å². The van der Waals surface area contributed by atoms with E-state index in [9.17, 15) is 9.59 Å². The summed E-state index contributed by atoms with van der Waals surface area (Å²) in [4.78, 5) is 24.8. The molecule has 0 fully saturated rings. The molecule has 6 nitrogen and oxygen atoms in total. The Morgan fingerprint density at radius 2 is 1.93 bits per heavy atom. The quantitative estimate of drug-likeness (QED) is 0.607. The van der Waals surface area contributed by atoms with Gasteiger partial charge < -0.3 is 19.8 Å². The number of furan rings is 1. The van der Waals surface area contributed by atoms with Crippen molar-refractivity contribution in [1.29, 1.82) is 0 Å². The molecule has 1 unspecified atom stereocenters. The van der Waals surface area contributed by atoms with Crippen LogP contribution in [0, 0.1) is 5.92 Å². The third kappa shape index (κ3) is 7.07. The lowest BCUT2D eigenvalue weighted by Gasteiger charge is -2.21. The van der Waals surface area contributed by atoms with Gasteiger partial charge in [-0.05, 0) is 48.7 Å². The summed E-state index contributed by atoms with van der Waals surface area (Å²) in [5, 5.41) is 6.18. The number of carbonyl (C=O) groups excluding carboxylic acids is 2. The molecular weight excluding hydrogens is 368 g/mol. The average Bonchev–Trinajstić information content (AvgIpc) is 3.16. The molecule has 0 bridgehead atoms. The van der Waals surface area contributed by atoms with E-state index in [2.05, 4.69) is 10.6 Å². The highest BCUT2D eigenvalue weighted by Crippen LogP contribution is 2.11. The van der Waals surface area contributed by atoms with Gasteiger partial charge in [0.15, 0.2) is 0 Å². The second-order valence-corrected chi connectivity index (χ2v) is 6.92. The molecule has 146 valence electrons. The maximum atomic E-state index is 12.4. The summed E-state index contributed by atoms with van der Waals surface area (Å²) < 4.78 is 10.6. The third-order valence-corrected chi connectivity index (χ3v) is 4.18. The molecule has 0 radical (unpaired) electrons. The van der Waals surface area contributed by atoms with Crippen LogP contribution in [0.15, 0.2) is 47.1 Å². The Hall–Kier alpha value is -2.31. The van der Waals surface area contributed by atoms with E-state index in [1.165, 1.54) is 0 Å². The number of amides is 2. The third-order valence-electron chi connectivity index (χ3n) is 3.93. The summed E-state index contributed by atoms with van der Waals surface area (Å²) in [5.41, 5.74) is 0.462. The zero-order valence-corrected chi connectivity index (χ0v) is 16.3. The number of hydrogen-bond acceptors (Lipinski definition) is 4. The molecule has 0 aliphatic rings. The molecule has 2 amide bonds. The zero-order chi connectivity index (χ0) is 19.6. The van der Waals surface area contributed by atoms with Gasteiger partial charge in [-0.3, -0.25) is 9.59 Å². The molecule has 7 heteroatoms. The lowest BCUT2D eigenvalue weighted by atomic mass is 10.0. The minimum Gasteiger partial charge on any atom is -0.467 e. The lowest BCUT2D eigenvalue weighted by molar-refractivity contribution is -0.124. The van der Waals surface area contributed by atoms with Gasteiger partial charge in [0.1, 0.15) is 18.4 Å². The van der Waals surface area contributed by atoms with E-state index in [-0.39, 0.29) is 17.7 Å². The lowest BCUT2D eigenvalue weighted by Crippen LogP contribution is -2.50. The SMILES string of the molecule is CC(C)C(NC(=O)c1ccc(Cl)cc1)C(=O)NCCCOCc1ccco1. The summed E-state index contributed by atoms with van der Waals surface area (Å²) >= 11 is 5.83. The van der Waals surface area contributed by atoms with Crippen LogP contribution in [0.2, 0.25) is 5.02 Å². The first kappa shape index (κ1) is 21.0. The van der Waals surface area contributed by atoms with Gasteiger partial charge in [0.05, 0.1) is 6.26 Å². The molecule has 0 saturated carbocycles. The minimum absolute atomic E-state index is 0.0450. The van der Waals surface area contributed by atoms with Crippen molar-refractivity contribution < 1.29 is 18.7 Å². The number of nitrogens with one attached hydrogen (secondary N) is 2. The van der Waals surface area contributed by atoms with Crippen LogP contribution in [0.1, 0.15) is 36.4 Å². The van der Waals surface area contributed by atoms with E-state index < -0.39 is 6.04 Å². The first-order valence-corrected chi connectivity index (χ1v) is 9.29. The molecule has 0 spiro atoms. The van der Waals surface area contributed by atoms with E-state index >= 15 is 0 Å². The van der Waals surface area contributed by atoms with Crippen molar-refractivity contribution in [1.82, 2.24) is 10.6 Å². The van der Waals surface area contributed by atoms with E-state index in [4.69, 9.17) is 20.8 Å². The fourth-order valence-electron chi connectivity index (χ4n) is 2.42. The molecule has 1 atom stereocenters. The number of benzene rings is 1. The molecule has 1 aromatic heterocycles. The predicted molar refractivity (Wildman–Crippen MR) is 104 cm³/mol. The van der Waals surface area contributed by atoms with Crippen molar-refractivity contribution in [2.45, 2.75) is 32.9 Å². The first-order chi connectivity index (χ1) is 13.0. The van der Waals surface area contributed by atoms with Crippen LogP contribution in [0.25, 0.3) is 0 Å². The van der Waals surface area contributed by atoms with E-state index in [0.29, 0.717) is 36.8 Å². The predicted octanol–water partition coefficient (Wildman–Crippen LogP) is 3.41. The van der Waals surface area contributed by atoms with Crippen LogP contribution in [-0.2, 0) is 16.1 Å². The molecule has 2 aromatic rings.